The third-order valence-corrected chi connectivity index (χ3v) is 2.45. The van der Waals surface area contributed by atoms with Crippen LogP contribution in [0.3, 0.4) is 0 Å². The highest BCUT2D eigenvalue weighted by atomic mass is 16.7. The van der Waals surface area contributed by atoms with Crippen LogP contribution >= 0.6 is 0 Å². The zero-order valence-corrected chi connectivity index (χ0v) is 8.22. The Labute approximate surface area is 90.3 Å². The minimum atomic E-state index is -2.68. The number of aliphatic hydroxyl groups is 5. The van der Waals surface area contributed by atoms with Crippen molar-refractivity contribution in [2.24, 2.45) is 0 Å². The molecular weight excluding hydrogens is 224 g/mol. The summed E-state index contributed by atoms with van der Waals surface area (Å²) in [5.74, 6) is -4.42. The quantitative estimate of drug-likeness (QED) is 0.298. The second-order valence-electron chi connectivity index (χ2n) is 3.68. The van der Waals surface area contributed by atoms with Crippen LogP contribution < -0.4 is 0 Å². The van der Waals surface area contributed by atoms with Gasteiger partial charge in [0, 0.05) is 6.42 Å². The lowest BCUT2D eigenvalue weighted by atomic mass is 9.93. The third-order valence-electron chi connectivity index (χ3n) is 2.45. The number of carbonyl (C=O) groups is 1. The van der Waals surface area contributed by atoms with E-state index >= 15 is 0 Å². The van der Waals surface area contributed by atoms with Crippen molar-refractivity contribution in [2.45, 2.75) is 36.6 Å². The molecule has 0 aromatic rings. The van der Waals surface area contributed by atoms with Gasteiger partial charge in [0.15, 0.2) is 0 Å². The second kappa shape index (κ2) is 4.62. The molecule has 16 heavy (non-hydrogen) atoms. The molecule has 5 atom stereocenters. The smallest absolute Gasteiger partial charge is 0.364 e. The Kier molecular flexibility index (Phi) is 3.84. The van der Waals surface area contributed by atoms with Crippen LogP contribution in [0.1, 0.15) is 6.42 Å². The molecule has 0 spiro atoms. The van der Waals surface area contributed by atoms with Crippen LogP contribution in [0.15, 0.2) is 0 Å². The van der Waals surface area contributed by atoms with Crippen molar-refractivity contribution >= 4 is 5.97 Å². The van der Waals surface area contributed by atoms with Crippen LogP contribution in [-0.2, 0) is 9.53 Å². The first-order valence-corrected chi connectivity index (χ1v) is 4.60. The first kappa shape index (κ1) is 13.3. The minimum absolute atomic E-state index is 0.724. The molecule has 1 heterocycles. The highest BCUT2D eigenvalue weighted by Gasteiger charge is 2.52. The molecule has 1 rings (SSSR count). The van der Waals surface area contributed by atoms with Gasteiger partial charge in [-0.15, -0.1) is 0 Å². The van der Waals surface area contributed by atoms with Gasteiger partial charge in [0.2, 0.25) is 0 Å². The van der Waals surface area contributed by atoms with Gasteiger partial charge in [-0.1, -0.05) is 0 Å². The Balaban J connectivity index is 2.89. The summed E-state index contributed by atoms with van der Waals surface area (Å²) in [7, 11) is 0. The van der Waals surface area contributed by atoms with Crippen LogP contribution in [0, 0.1) is 0 Å². The molecule has 0 saturated carbocycles. The molecule has 0 aromatic heterocycles. The molecule has 94 valence electrons. The number of carboxylic acids is 1. The number of hydrogen-bond acceptors (Lipinski definition) is 7. The molecule has 0 amide bonds. The molecule has 0 radical (unpaired) electrons. The van der Waals surface area contributed by atoms with E-state index in [2.05, 4.69) is 4.74 Å². The van der Waals surface area contributed by atoms with Gasteiger partial charge in [-0.3, -0.25) is 0 Å². The Morgan fingerprint density at radius 3 is 2.50 bits per heavy atom. The molecule has 6 N–H and O–H groups in total. The van der Waals surface area contributed by atoms with E-state index < -0.39 is 49.2 Å². The zero-order valence-electron chi connectivity index (χ0n) is 8.22. The Hall–Kier alpha value is -0.770. The molecule has 8 heteroatoms. The second-order valence-corrected chi connectivity index (χ2v) is 3.68. The van der Waals surface area contributed by atoms with Crippen LogP contribution in [0.25, 0.3) is 0 Å². The summed E-state index contributed by atoms with van der Waals surface area (Å²) in [5, 5.41) is 54.7. The molecule has 1 unspecified atom stereocenters. The van der Waals surface area contributed by atoms with Crippen molar-refractivity contribution in [1.29, 1.82) is 0 Å². The molecule has 1 fully saturated rings. The molecule has 0 bridgehead atoms. The van der Waals surface area contributed by atoms with Crippen molar-refractivity contribution in [3.8, 4) is 0 Å². The minimum Gasteiger partial charge on any atom is -0.477 e. The summed E-state index contributed by atoms with van der Waals surface area (Å²) in [6.07, 6.45) is -7.05. The van der Waals surface area contributed by atoms with Gasteiger partial charge in [-0.2, -0.15) is 0 Å². The summed E-state index contributed by atoms with van der Waals surface area (Å²) in [6.45, 7) is -0.801. The van der Waals surface area contributed by atoms with Crippen molar-refractivity contribution < 1.29 is 40.2 Å². The number of hydrogen-bond donors (Lipinski definition) is 6. The molecule has 1 saturated heterocycles. The van der Waals surface area contributed by atoms with Crippen molar-refractivity contribution in [1.82, 2.24) is 0 Å². The summed E-state index contributed by atoms with van der Waals surface area (Å²) < 4.78 is 4.61. The molecule has 1 aliphatic heterocycles. The van der Waals surface area contributed by atoms with E-state index in [-0.39, 0.29) is 0 Å². The average molecular weight is 238 g/mol. The van der Waals surface area contributed by atoms with Crippen LogP contribution in [0.5, 0.6) is 0 Å². The van der Waals surface area contributed by atoms with Crippen LogP contribution in [-0.4, -0.2) is 73.4 Å². The number of aliphatic hydroxyl groups excluding tert-OH is 4. The topological polar surface area (TPSA) is 148 Å². The van der Waals surface area contributed by atoms with Gasteiger partial charge < -0.3 is 35.4 Å². The average Bonchev–Trinajstić information content (AvgIpc) is 2.22. The molecular formula is C8H14O8. The van der Waals surface area contributed by atoms with Gasteiger partial charge in [0.05, 0.1) is 12.7 Å². The van der Waals surface area contributed by atoms with Gasteiger partial charge >= 0.3 is 5.97 Å². The summed E-state index contributed by atoms with van der Waals surface area (Å²) in [4.78, 5) is 10.7. The highest BCUT2D eigenvalue weighted by Crippen LogP contribution is 2.29. The highest BCUT2D eigenvalue weighted by molar-refractivity contribution is 5.75. The first-order valence-electron chi connectivity index (χ1n) is 4.60. The van der Waals surface area contributed by atoms with Crippen LogP contribution in [0.4, 0.5) is 0 Å². The Morgan fingerprint density at radius 2 is 2.06 bits per heavy atom. The fraction of sp³-hybridized carbons (Fsp3) is 0.875. The van der Waals surface area contributed by atoms with E-state index in [1.807, 2.05) is 0 Å². The van der Waals surface area contributed by atoms with E-state index in [0.717, 1.165) is 0 Å². The maximum Gasteiger partial charge on any atom is 0.364 e. The van der Waals surface area contributed by atoms with E-state index in [1.165, 1.54) is 0 Å². The van der Waals surface area contributed by atoms with Gasteiger partial charge in [0.1, 0.15) is 18.3 Å². The fourth-order valence-corrected chi connectivity index (χ4v) is 1.51. The largest absolute Gasteiger partial charge is 0.477 e. The Morgan fingerprint density at radius 1 is 1.50 bits per heavy atom. The number of aliphatic carboxylic acids is 1. The Bertz CT molecular complexity index is 269. The van der Waals surface area contributed by atoms with Gasteiger partial charge in [0.25, 0.3) is 5.79 Å². The predicted octanol–water partition coefficient (Wildman–Crippen LogP) is -3.38. The first-order chi connectivity index (χ1) is 7.31. The van der Waals surface area contributed by atoms with E-state index in [0.29, 0.717) is 0 Å². The lowest BCUT2D eigenvalue weighted by Gasteiger charge is -2.41. The lowest BCUT2D eigenvalue weighted by Crippen LogP contribution is -2.61. The third kappa shape index (κ3) is 2.32. The summed E-state index contributed by atoms with van der Waals surface area (Å²) in [5.41, 5.74) is 0. The standard InChI is InChI=1S/C8H14O8/c9-2-4(11)6-5(12)3(10)1-8(15,16-6)7(13)14/h3-6,9-12,15H,1-2H2,(H,13,14)/t3-,4-,5-,6-,8?/m1/s1. The fourth-order valence-electron chi connectivity index (χ4n) is 1.51. The maximum absolute atomic E-state index is 10.7. The van der Waals surface area contributed by atoms with Crippen molar-refractivity contribution in [2.75, 3.05) is 6.61 Å². The summed E-state index contributed by atoms with van der Waals surface area (Å²) in [6, 6.07) is 0. The van der Waals surface area contributed by atoms with E-state index in [4.69, 9.17) is 10.2 Å². The van der Waals surface area contributed by atoms with Crippen molar-refractivity contribution in [3.63, 3.8) is 0 Å². The van der Waals surface area contributed by atoms with Gasteiger partial charge in [-0.25, -0.2) is 4.79 Å². The molecule has 0 aromatic carbocycles. The van der Waals surface area contributed by atoms with E-state index in [1.54, 1.807) is 0 Å². The SMILES string of the molecule is O=C(O)C1(O)C[C@@H](O)[C@@H](O)[C@@H]([C@H](O)CO)O1. The van der Waals surface area contributed by atoms with Crippen molar-refractivity contribution in [3.05, 3.63) is 0 Å². The molecule has 1 aliphatic rings. The lowest BCUT2D eigenvalue weighted by molar-refractivity contribution is -0.308. The van der Waals surface area contributed by atoms with E-state index in [9.17, 15) is 25.2 Å². The monoisotopic (exact) mass is 238 g/mol. The zero-order chi connectivity index (χ0) is 12.5. The normalized spacial score (nSPS) is 41.7. The molecule has 8 nitrogen and oxygen atoms in total. The maximum atomic E-state index is 10.7. The van der Waals surface area contributed by atoms with Gasteiger partial charge in [-0.05, 0) is 0 Å². The predicted molar refractivity (Wildman–Crippen MR) is 47.2 cm³/mol. The van der Waals surface area contributed by atoms with Crippen LogP contribution in [0.2, 0.25) is 0 Å². The number of carboxylic acid groups (broad SMARTS) is 1. The summed E-state index contributed by atoms with van der Waals surface area (Å²) >= 11 is 0. The number of ether oxygens (including phenoxy) is 1. The number of rotatable bonds is 3. The molecule has 0 aliphatic carbocycles.